The maximum atomic E-state index is 12.9. The Labute approximate surface area is 146 Å². The first-order valence-electron chi connectivity index (χ1n) is 8.22. The van der Waals surface area contributed by atoms with Crippen LogP contribution < -0.4 is 0 Å². The molecule has 1 aliphatic rings. The zero-order valence-electron chi connectivity index (χ0n) is 14.4. The maximum absolute atomic E-state index is 12.9. The van der Waals surface area contributed by atoms with Crippen LogP contribution in [0, 0.1) is 13.8 Å². The predicted octanol–water partition coefficient (Wildman–Crippen LogP) is 1.09. The van der Waals surface area contributed by atoms with Gasteiger partial charge in [-0.15, -0.1) is 0 Å². The van der Waals surface area contributed by atoms with E-state index in [1.165, 1.54) is 4.31 Å². The fraction of sp³-hybridized carbons (Fsp3) is 0.500. The van der Waals surface area contributed by atoms with E-state index in [0.717, 1.165) is 5.56 Å². The molecule has 1 N–H and O–H groups in total. The smallest absolute Gasteiger partial charge is 0.248 e. The highest BCUT2D eigenvalue weighted by atomic mass is 32.2. The van der Waals surface area contributed by atoms with Crippen LogP contribution in [0.4, 0.5) is 0 Å². The lowest BCUT2D eigenvalue weighted by molar-refractivity contribution is -0.130. The summed E-state index contributed by atoms with van der Waals surface area (Å²) in [5.74, 6) is 0.304. The lowest BCUT2D eigenvalue weighted by Crippen LogP contribution is -2.38. The van der Waals surface area contributed by atoms with Gasteiger partial charge in [-0.2, -0.15) is 4.31 Å². The number of carbonyl (C=O) groups excluding carboxylic acids is 1. The summed E-state index contributed by atoms with van der Waals surface area (Å²) in [6.07, 6.45) is 4.49. The van der Waals surface area contributed by atoms with Gasteiger partial charge >= 0.3 is 0 Å². The molecule has 2 aromatic heterocycles. The highest BCUT2D eigenvalue weighted by Crippen LogP contribution is 2.24. The van der Waals surface area contributed by atoms with Gasteiger partial charge in [-0.05, 0) is 31.9 Å². The van der Waals surface area contributed by atoms with Crippen molar-refractivity contribution >= 4 is 15.9 Å². The minimum atomic E-state index is -3.67. The van der Waals surface area contributed by atoms with Crippen molar-refractivity contribution in [2.75, 3.05) is 26.2 Å². The summed E-state index contributed by atoms with van der Waals surface area (Å²) < 4.78 is 32.2. The molecule has 0 unspecified atom stereocenters. The van der Waals surface area contributed by atoms with Crippen molar-refractivity contribution in [2.24, 2.45) is 0 Å². The van der Waals surface area contributed by atoms with Crippen LogP contribution in [0.1, 0.15) is 23.4 Å². The van der Waals surface area contributed by atoms with E-state index in [9.17, 15) is 13.2 Å². The van der Waals surface area contributed by atoms with Crippen LogP contribution in [0.5, 0.6) is 0 Å². The Hall–Kier alpha value is -2.13. The second-order valence-electron chi connectivity index (χ2n) is 6.19. The average Bonchev–Trinajstić information content (AvgIpc) is 3.09. The second kappa shape index (κ2) is 7.01. The van der Waals surface area contributed by atoms with E-state index >= 15 is 0 Å². The van der Waals surface area contributed by atoms with Gasteiger partial charge in [0, 0.05) is 38.6 Å². The van der Waals surface area contributed by atoms with Crippen LogP contribution in [-0.4, -0.2) is 59.8 Å². The number of nitrogens with one attached hydrogen (secondary N) is 1. The fourth-order valence-corrected chi connectivity index (χ4v) is 4.87. The molecule has 0 atom stereocenters. The predicted molar refractivity (Wildman–Crippen MR) is 90.4 cm³/mol. The van der Waals surface area contributed by atoms with E-state index in [4.69, 9.17) is 4.52 Å². The number of nitrogens with zero attached hydrogens (tertiary/aromatic N) is 3. The third-order valence-electron chi connectivity index (χ3n) is 4.39. The summed E-state index contributed by atoms with van der Waals surface area (Å²) in [5, 5.41) is 3.74. The van der Waals surface area contributed by atoms with Gasteiger partial charge in [-0.1, -0.05) is 5.16 Å². The van der Waals surface area contributed by atoms with Gasteiger partial charge in [-0.25, -0.2) is 8.42 Å². The van der Waals surface area contributed by atoms with Crippen molar-refractivity contribution in [3.8, 4) is 0 Å². The molecule has 1 amide bonds. The molecule has 8 nitrogen and oxygen atoms in total. The van der Waals surface area contributed by atoms with Crippen molar-refractivity contribution in [1.29, 1.82) is 0 Å². The number of hydrogen-bond acceptors (Lipinski definition) is 5. The number of aromatic nitrogens is 2. The molecule has 0 aromatic carbocycles. The summed E-state index contributed by atoms with van der Waals surface area (Å²) in [6.45, 7) is 4.79. The number of rotatable bonds is 4. The third-order valence-corrected chi connectivity index (χ3v) is 6.53. The molecule has 3 heterocycles. The average molecular weight is 366 g/mol. The van der Waals surface area contributed by atoms with Crippen LogP contribution in [0.15, 0.2) is 27.9 Å². The molecule has 25 heavy (non-hydrogen) atoms. The molecule has 0 spiro atoms. The summed E-state index contributed by atoms with van der Waals surface area (Å²) in [4.78, 5) is 17.2. The zero-order valence-corrected chi connectivity index (χ0v) is 15.2. The molecule has 1 aliphatic heterocycles. The van der Waals surface area contributed by atoms with Crippen molar-refractivity contribution in [3.63, 3.8) is 0 Å². The Morgan fingerprint density at radius 3 is 2.72 bits per heavy atom. The molecule has 0 aliphatic carbocycles. The van der Waals surface area contributed by atoms with Crippen LogP contribution in [0.25, 0.3) is 0 Å². The van der Waals surface area contributed by atoms with Crippen molar-refractivity contribution in [2.45, 2.75) is 31.6 Å². The van der Waals surface area contributed by atoms with E-state index in [2.05, 4.69) is 10.1 Å². The fourth-order valence-electron chi connectivity index (χ4n) is 3.11. The Bertz CT molecular complexity index is 822. The van der Waals surface area contributed by atoms with Crippen molar-refractivity contribution in [3.05, 3.63) is 35.5 Å². The Balaban J connectivity index is 1.70. The van der Waals surface area contributed by atoms with Gasteiger partial charge in [0.2, 0.25) is 15.9 Å². The van der Waals surface area contributed by atoms with Crippen LogP contribution in [0.2, 0.25) is 0 Å². The van der Waals surface area contributed by atoms with Crippen LogP contribution >= 0.6 is 0 Å². The van der Waals surface area contributed by atoms with Crippen molar-refractivity contribution < 1.29 is 17.7 Å². The highest BCUT2D eigenvalue weighted by Gasteiger charge is 2.32. The standard InChI is InChI=1S/C16H22N4O4S/c1-12-16(13(2)24-18-12)25(22,23)20-7-3-6-19(8-9-20)15(21)10-14-4-5-17-11-14/h4-5,11,17H,3,6-10H2,1-2H3. The summed E-state index contributed by atoms with van der Waals surface area (Å²) >= 11 is 0. The molecule has 136 valence electrons. The monoisotopic (exact) mass is 366 g/mol. The topological polar surface area (TPSA) is 99.5 Å². The van der Waals surface area contributed by atoms with E-state index in [1.54, 1.807) is 31.1 Å². The number of H-pyrrole nitrogens is 1. The Morgan fingerprint density at radius 2 is 2.08 bits per heavy atom. The number of carbonyl (C=O) groups is 1. The molecular weight excluding hydrogens is 344 g/mol. The van der Waals surface area contributed by atoms with Crippen molar-refractivity contribution in [1.82, 2.24) is 19.3 Å². The summed E-state index contributed by atoms with van der Waals surface area (Å²) in [5.41, 5.74) is 1.29. The maximum Gasteiger partial charge on any atom is 0.248 e. The van der Waals surface area contributed by atoms with Gasteiger partial charge in [0.25, 0.3) is 0 Å². The summed E-state index contributed by atoms with van der Waals surface area (Å²) in [6, 6.07) is 1.87. The normalized spacial score (nSPS) is 16.8. The highest BCUT2D eigenvalue weighted by molar-refractivity contribution is 7.89. The van der Waals surface area contributed by atoms with Gasteiger partial charge in [-0.3, -0.25) is 4.79 Å². The number of amides is 1. The lowest BCUT2D eigenvalue weighted by atomic mass is 10.2. The first kappa shape index (κ1) is 17.7. The van der Waals surface area contributed by atoms with Gasteiger partial charge in [0.15, 0.2) is 5.76 Å². The van der Waals surface area contributed by atoms with E-state index in [0.29, 0.717) is 43.9 Å². The second-order valence-corrected chi connectivity index (χ2v) is 8.06. The molecule has 0 saturated carbocycles. The number of aryl methyl sites for hydroxylation is 2. The minimum Gasteiger partial charge on any atom is -0.367 e. The first-order valence-corrected chi connectivity index (χ1v) is 9.66. The summed E-state index contributed by atoms with van der Waals surface area (Å²) in [7, 11) is -3.67. The molecule has 1 saturated heterocycles. The van der Waals surface area contributed by atoms with Crippen LogP contribution in [0.3, 0.4) is 0 Å². The van der Waals surface area contributed by atoms with Gasteiger partial charge in [0.05, 0.1) is 6.42 Å². The minimum absolute atomic E-state index is 0.0104. The molecule has 9 heteroatoms. The number of aromatic amines is 1. The third kappa shape index (κ3) is 3.62. The van der Waals surface area contributed by atoms with E-state index < -0.39 is 10.0 Å². The number of hydrogen-bond donors (Lipinski definition) is 1. The molecule has 0 radical (unpaired) electrons. The first-order chi connectivity index (χ1) is 11.9. The molecule has 0 bridgehead atoms. The molecule has 3 rings (SSSR count). The largest absolute Gasteiger partial charge is 0.367 e. The van der Waals surface area contributed by atoms with E-state index in [1.807, 2.05) is 6.07 Å². The zero-order chi connectivity index (χ0) is 18.0. The lowest BCUT2D eigenvalue weighted by Gasteiger charge is -2.21. The van der Waals surface area contributed by atoms with Crippen LogP contribution in [-0.2, 0) is 21.2 Å². The molecule has 1 fully saturated rings. The molecule has 2 aromatic rings. The molecular formula is C16H22N4O4S. The van der Waals surface area contributed by atoms with Gasteiger partial charge < -0.3 is 14.4 Å². The Morgan fingerprint density at radius 1 is 1.28 bits per heavy atom. The van der Waals surface area contributed by atoms with E-state index in [-0.39, 0.29) is 17.3 Å². The SMILES string of the molecule is Cc1noc(C)c1S(=O)(=O)N1CCCN(C(=O)Cc2cc[nH]c2)CC1. The quantitative estimate of drug-likeness (QED) is 0.873. The number of sulfonamides is 1. The Kier molecular flexibility index (Phi) is 4.96. The van der Waals surface area contributed by atoms with Gasteiger partial charge in [0.1, 0.15) is 10.6 Å².